The molecule has 1 spiro atoms. The van der Waals surface area contributed by atoms with Crippen LogP contribution < -0.4 is 5.32 Å². The zero-order chi connectivity index (χ0) is 15.8. The van der Waals surface area contributed by atoms with Crippen molar-refractivity contribution < 1.29 is 8.42 Å². The van der Waals surface area contributed by atoms with Gasteiger partial charge in [-0.3, -0.25) is 4.99 Å². The molecule has 1 saturated carbocycles. The van der Waals surface area contributed by atoms with Crippen LogP contribution in [0.1, 0.15) is 38.5 Å². The molecule has 0 aromatic rings. The Morgan fingerprint density at radius 1 is 1.27 bits per heavy atom. The van der Waals surface area contributed by atoms with Crippen LogP contribution in [0.15, 0.2) is 4.99 Å². The summed E-state index contributed by atoms with van der Waals surface area (Å²) in [4.78, 5) is 6.75. The minimum Gasteiger partial charge on any atom is -0.355 e. The molecular weight excluding hydrogens is 300 g/mol. The second kappa shape index (κ2) is 6.00. The monoisotopic (exact) mass is 328 g/mol. The van der Waals surface area contributed by atoms with Crippen molar-refractivity contribution in [2.75, 3.05) is 39.5 Å². The van der Waals surface area contributed by atoms with Crippen molar-refractivity contribution in [3.63, 3.8) is 0 Å². The first kappa shape index (κ1) is 16.1. The molecule has 7 heteroatoms. The van der Waals surface area contributed by atoms with E-state index in [1.54, 1.807) is 4.31 Å². The van der Waals surface area contributed by atoms with E-state index in [1.165, 1.54) is 31.9 Å². The molecule has 1 N–H and O–H groups in total. The Balaban J connectivity index is 1.55. The lowest BCUT2D eigenvalue weighted by atomic mass is 9.68. The van der Waals surface area contributed by atoms with Crippen molar-refractivity contribution in [2.24, 2.45) is 10.4 Å². The summed E-state index contributed by atoms with van der Waals surface area (Å²) in [5, 5.41) is 3.41. The minimum atomic E-state index is -3.10. The predicted molar refractivity (Wildman–Crippen MR) is 88.4 cm³/mol. The minimum absolute atomic E-state index is 0.0621. The molecule has 0 aromatic heterocycles. The molecule has 3 aliphatic rings. The van der Waals surface area contributed by atoms with Crippen LogP contribution in [-0.2, 0) is 10.0 Å². The Labute approximate surface area is 134 Å². The molecule has 1 aliphatic carbocycles. The van der Waals surface area contributed by atoms with Gasteiger partial charge in [0, 0.05) is 39.3 Å². The molecule has 126 valence electrons. The van der Waals surface area contributed by atoms with E-state index < -0.39 is 10.0 Å². The molecule has 0 unspecified atom stereocenters. The summed E-state index contributed by atoms with van der Waals surface area (Å²) in [6.07, 6.45) is 8.53. The second-order valence-corrected chi connectivity index (χ2v) is 9.06. The fourth-order valence-electron chi connectivity index (χ4n) is 4.19. The van der Waals surface area contributed by atoms with E-state index >= 15 is 0 Å². The average Bonchev–Trinajstić information content (AvgIpc) is 3.04. The van der Waals surface area contributed by atoms with E-state index in [1.807, 2.05) is 7.05 Å². The van der Waals surface area contributed by atoms with Gasteiger partial charge < -0.3 is 10.2 Å². The maximum absolute atomic E-state index is 11.8. The van der Waals surface area contributed by atoms with E-state index in [0.717, 1.165) is 31.9 Å². The summed E-state index contributed by atoms with van der Waals surface area (Å²) in [5.74, 6) is 0.934. The lowest BCUT2D eigenvalue weighted by Gasteiger charge is -2.38. The highest BCUT2D eigenvalue weighted by Gasteiger charge is 2.43. The van der Waals surface area contributed by atoms with Gasteiger partial charge in [-0.25, -0.2) is 8.42 Å². The molecule has 1 atom stereocenters. The summed E-state index contributed by atoms with van der Waals surface area (Å²) >= 11 is 0. The van der Waals surface area contributed by atoms with Gasteiger partial charge in [-0.05, 0) is 37.5 Å². The summed E-state index contributed by atoms with van der Waals surface area (Å²) in [5.41, 5.74) is 0.545. The van der Waals surface area contributed by atoms with E-state index in [9.17, 15) is 8.42 Å². The van der Waals surface area contributed by atoms with Crippen molar-refractivity contribution in [3.05, 3.63) is 0 Å². The van der Waals surface area contributed by atoms with E-state index in [0.29, 0.717) is 18.5 Å². The van der Waals surface area contributed by atoms with E-state index in [-0.39, 0.29) is 6.04 Å². The van der Waals surface area contributed by atoms with Gasteiger partial charge in [0.25, 0.3) is 0 Å². The molecule has 0 amide bonds. The van der Waals surface area contributed by atoms with Gasteiger partial charge in [-0.2, -0.15) is 4.31 Å². The third-order valence-electron chi connectivity index (χ3n) is 5.61. The van der Waals surface area contributed by atoms with Gasteiger partial charge in [0.1, 0.15) is 0 Å². The van der Waals surface area contributed by atoms with Crippen LogP contribution in [0.25, 0.3) is 0 Å². The van der Waals surface area contributed by atoms with Crippen LogP contribution >= 0.6 is 0 Å². The molecule has 6 nitrogen and oxygen atoms in total. The molecule has 0 bridgehead atoms. The van der Waals surface area contributed by atoms with Crippen molar-refractivity contribution in [1.82, 2.24) is 14.5 Å². The van der Waals surface area contributed by atoms with Gasteiger partial charge in [0.15, 0.2) is 5.96 Å². The van der Waals surface area contributed by atoms with Crippen molar-refractivity contribution in [3.8, 4) is 0 Å². The van der Waals surface area contributed by atoms with Crippen molar-refractivity contribution in [2.45, 2.75) is 44.6 Å². The van der Waals surface area contributed by atoms with Crippen molar-refractivity contribution >= 4 is 16.0 Å². The first-order chi connectivity index (χ1) is 10.4. The Kier molecular flexibility index (Phi) is 4.38. The maximum Gasteiger partial charge on any atom is 0.211 e. The van der Waals surface area contributed by atoms with Crippen LogP contribution in [-0.4, -0.2) is 69.1 Å². The maximum atomic E-state index is 11.8. The summed E-state index contributed by atoms with van der Waals surface area (Å²) in [6, 6.07) is 0.0621. The highest BCUT2D eigenvalue weighted by Crippen LogP contribution is 2.47. The van der Waals surface area contributed by atoms with Gasteiger partial charge >= 0.3 is 0 Å². The molecule has 0 radical (unpaired) electrons. The standard InChI is InChI=1S/C15H28N4O2S/c1-16-14(18-10-8-15(12-18)6-4-7-15)17-11-13-5-3-9-19(13)22(2,20)21/h13H,3-12H2,1-2H3,(H,16,17)/t13-/m1/s1. The summed E-state index contributed by atoms with van der Waals surface area (Å²) < 4.78 is 25.2. The average molecular weight is 328 g/mol. The third kappa shape index (κ3) is 3.11. The van der Waals surface area contributed by atoms with Crippen LogP contribution in [0.4, 0.5) is 0 Å². The van der Waals surface area contributed by atoms with Gasteiger partial charge in [-0.15, -0.1) is 0 Å². The number of likely N-dealkylation sites (tertiary alicyclic amines) is 1. The zero-order valence-electron chi connectivity index (χ0n) is 13.7. The van der Waals surface area contributed by atoms with Crippen LogP contribution in [0.5, 0.6) is 0 Å². The fraction of sp³-hybridized carbons (Fsp3) is 0.933. The number of hydrogen-bond acceptors (Lipinski definition) is 3. The molecule has 2 heterocycles. The summed E-state index contributed by atoms with van der Waals surface area (Å²) in [7, 11) is -1.28. The zero-order valence-corrected chi connectivity index (χ0v) is 14.5. The molecule has 3 fully saturated rings. The Morgan fingerprint density at radius 3 is 2.59 bits per heavy atom. The first-order valence-electron chi connectivity index (χ1n) is 8.36. The van der Waals surface area contributed by atoms with Gasteiger partial charge in [0.05, 0.1) is 6.26 Å². The highest BCUT2D eigenvalue weighted by atomic mass is 32.2. The number of hydrogen-bond donors (Lipinski definition) is 1. The first-order valence-corrected chi connectivity index (χ1v) is 10.2. The van der Waals surface area contributed by atoms with Gasteiger partial charge in [0.2, 0.25) is 10.0 Å². The SMILES string of the molecule is CN=C(NC[C@H]1CCCN1S(C)(=O)=O)N1CCC2(CCC2)C1. The second-order valence-electron chi connectivity index (χ2n) is 7.12. The van der Waals surface area contributed by atoms with Crippen LogP contribution in [0.2, 0.25) is 0 Å². The number of rotatable bonds is 3. The predicted octanol–water partition coefficient (Wildman–Crippen LogP) is 0.862. The highest BCUT2D eigenvalue weighted by molar-refractivity contribution is 7.88. The Hall–Kier alpha value is -0.820. The smallest absolute Gasteiger partial charge is 0.211 e. The molecule has 0 aromatic carbocycles. The topological polar surface area (TPSA) is 65.0 Å². The Bertz CT molecular complexity index is 542. The van der Waals surface area contributed by atoms with E-state index in [2.05, 4.69) is 15.2 Å². The lowest BCUT2D eigenvalue weighted by molar-refractivity contribution is 0.151. The molecule has 22 heavy (non-hydrogen) atoms. The fourth-order valence-corrected chi connectivity index (χ4v) is 5.37. The quantitative estimate of drug-likeness (QED) is 0.616. The van der Waals surface area contributed by atoms with Crippen LogP contribution in [0, 0.1) is 5.41 Å². The Morgan fingerprint density at radius 2 is 2.05 bits per heavy atom. The van der Waals surface area contributed by atoms with Crippen LogP contribution in [0.3, 0.4) is 0 Å². The molecule has 2 aliphatic heterocycles. The molecule has 3 rings (SSSR count). The van der Waals surface area contributed by atoms with Crippen molar-refractivity contribution in [1.29, 1.82) is 0 Å². The largest absolute Gasteiger partial charge is 0.355 e. The third-order valence-corrected chi connectivity index (χ3v) is 6.94. The lowest BCUT2D eigenvalue weighted by Crippen LogP contribution is -2.48. The number of aliphatic imine (C=N–C) groups is 1. The number of nitrogens with one attached hydrogen (secondary N) is 1. The number of nitrogens with zero attached hydrogens (tertiary/aromatic N) is 3. The normalized spacial score (nSPS) is 29.1. The summed E-state index contributed by atoms with van der Waals surface area (Å²) in [6.45, 7) is 3.48. The molecule has 2 saturated heterocycles. The van der Waals surface area contributed by atoms with E-state index in [4.69, 9.17) is 0 Å². The number of sulfonamides is 1. The van der Waals surface area contributed by atoms with Gasteiger partial charge in [-0.1, -0.05) is 6.42 Å². The molecular formula is C15H28N4O2S. The number of guanidine groups is 1.